The van der Waals surface area contributed by atoms with E-state index in [0.717, 1.165) is 23.0 Å². The first-order valence-corrected chi connectivity index (χ1v) is 6.68. The van der Waals surface area contributed by atoms with Gasteiger partial charge in [0.05, 0.1) is 5.69 Å². The molecule has 0 aromatic carbocycles. The van der Waals surface area contributed by atoms with Gasteiger partial charge in [0.1, 0.15) is 5.15 Å². The SMILES string of the molecule is Cc1nn(C)c(Cl)c1CNC1CCC(C)(C)C1. The molecule has 0 aliphatic heterocycles. The molecule has 1 atom stereocenters. The van der Waals surface area contributed by atoms with Crippen LogP contribution in [0.5, 0.6) is 0 Å². The molecule has 0 spiro atoms. The summed E-state index contributed by atoms with van der Waals surface area (Å²) in [6.45, 7) is 7.54. The van der Waals surface area contributed by atoms with Crippen LogP contribution in [0.15, 0.2) is 0 Å². The van der Waals surface area contributed by atoms with Gasteiger partial charge in [-0.3, -0.25) is 4.68 Å². The van der Waals surface area contributed by atoms with Gasteiger partial charge in [-0.15, -0.1) is 0 Å². The highest BCUT2D eigenvalue weighted by atomic mass is 35.5. The lowest BCUT2D eigenvalue weighted by Gasteiger charge is -2.17. The maximum Gasteiger partial charge on any atom is 0.131 e. The summed E-state index contributed by atoms with van der Waals surface area (Å²) in [5, 5.41) is 8.70. The summed E-state index contributed by atoms with van der Waals surface area (Å²) in [6.07, 6.45) is 3.83. The van der Waals surface area contributed by atoms with Gasteiger partial charge in [0, 0.05) is 25.2 Å². The Morgan fingerprint density at radius 2 is 2.24 bits per heavy atom. The number of nitrogens with zero attached hydrogens (tertiary/aromatic N) is 2. The lowest BCUT2D eigenvalue weighted by Crippen LogP contribution is -2.27. The van der Waals surface area contributed by atoms with E-state index < -0.39 is 0 Å². The fourth-order valence-electron chi connectivity index (χ4n) is 2.73. The maximum atomic E-state index is 6.22. The van der Waals surface area contributed by atoms with Crippen molar-refractivity contribution >= 4 is 11.6 Å². The van der Waals surface area contributed by atoms with Crippen molar-refractivity contribution in [1.82, 2.24) is 15.1 Å². The number of aryl methyl sites for hydroxylation is 2. The fourth-order valence-corrected chi connectivity index (χ4v) is 2.97. The fraction of sp³-hybridized carbons (Fsp3) is 0.769. The number of rotatable bonds is 3. The molecule has 3 nitrogen and oxygen atoms in total. The molecule has 0 saturated heterocycles. The molecule has 1 aromatic heterocycles. The molecule has 1 unspecified atom stereocenters. The van der Waals surface area contributed by atoms with Gasteiger partial charge in [-0.25, -0.2) is 0 Å². The van der Waals surface area contributed by atoms with Crippen molar-refractivity contribution < 1.29 is 0 Å². The molecule has 1 aromatic rings. The quantitative estimate of drug-likeness (QED) is 0.900. The highest BCUT2D eigenvalue weighted by Gasteiger charge is 2.30. The second-order valence-corrected chi connectivity index (χ2v) is 6.32. The van der Waals surface area contributed by atoms with E-state index in [9.17, 15) is 0 Å². The standard InChI is InChI=1S/C13H22ClN3/c1-9-11(12(14)17(4)16-9)8-15-10-5-6-13(2,3)7-10/h10,15H,5-8H2,1-4H3. The van der Waals surface area contributed by atoms with Gasteiger partial charge in [-0.05, 0) is 31.6 Å². The minimum atomic E-state index is 0.492. The van der Waals surface area contributed by atoms with Crippen LogP contribution in [0.4, 0.5) is 0 Å². The Labute approximate surface area is 109 Å². The Morgan fingerprint density at radius 1 is 1.53 bits per heavy atom. The molecule has 0 bridgehead atoms. The molecule has 4 heteroatoms. The van der Waals surface area contributed by atoms with Gasteiger partial charge in [0.15, 0.2) is 0 Å². The highest BCUT2D eigenvalue weighted by molar-refractivity contribution is 6.30. The summed E-state index contributed by atoms with van der Waals surface area (Å²) in [5.41, 5.74) is 2.66. The molecule has 17 heavy (non-hydrogen) atoms. The van der Waals surface area contributed by atoms with E-state index >= 15 is 0 Å². The van der Waals surface area contributed by atoms with Crippen LogP contribution >= 0.6 is 11.6 Å². The zero-order valence-corrected chi connectivity index (χ0v) is 11.9. The van der Waals surface area contributed by atoms with E-state index in [2.05, 4.69) is 24.3 Å². The van der Waals surface area contributed by atoms with E-state index in [0.29, 0.717) is 11.5 Å². The number of hydrogen-bond donors (Lipinski definition) is 1. The molecule has 1 aliphatic rings. The van der Waals surface area contributed by atoms with Gasteiger partial charge >= 0.3 is 0 Å². The molecule has 1 aliphatic carbocycles. The molecular weight excluding hydrogens is 234 g/mol. The third-order valence-electron chi connectivity index (χ3n) is 3.81. The molecule has 0 radical (unpaired) electrons. The van der Waals surface area contributed by atoms with Gasteiger partial charge in [-0.2, -0.15) is 5.10 Å². The largest absolute Gasteiger partial charge is 0.310 e. The summed E-state index contributed by atoms with van der Waals surface area (Å²) in [5.74, 6) is 0. The normalized spacial score (nSPS) is 23.2. The maximum absolute atomic E-state index is 6.22. The Kier molecular flexibility index (Phi) is 3.50. The average molecular weight is 256 g/mol. The van der Waals surface area contributed by atoms with E-state index in [1.54, 1.807) is 4.68 Å². The van der Waals surface area contributed by atoms with Crippen molar-refractivity contribution in [1.29, 1.82) is 0 Å². The van der Waals surface area contributed by atoms with E-state index in [-0.39, 0.29) is 0 Å². The first-order chi connectivity index (χ1) is 7.89. The number of hydrogen-bond acceptors (Lipinski definition) is 2. The van der Waals surface area contributed by atoms with Crippen molar-refractivity contribution in [2.75, 3.05) is 0 Å². The highest BCUT2D eigenvalue weighted by Crippen LogP contribution is 2.37. The molecule has 1 heterocycles. The monoisotopic (exact) mass is 255 g/mol. The van der Waals surface area contributed by atoms with Crippen LogP contribution in [0.25, 0.3) is 0 Å². The Morgan fingerprint density at radius 3 is 2.71 bits per heavy atom. The molecule has 0 amide bonds. The summed E-state index contributed by atoms with van der Waals surface area (Å²) >= 11 is 6.22. The van der Waals surface area contributed by atoms with Crippen LogP contribution in [0.2, 0.25) is 5.15 Å². The van der Waals surface area contributed by atoms with E-state index in [1.807, 2.05) is 14.0 Å². The molecule has 1 N–H and O–H groups in total. The summed E-state index contributed by atoms with van der Waals surface area (Å²) < 4.78 is 1.74. The minimum absolute atomic E-state index is 0.492. The van der Waals surface area contributed by atoms with Crippen molar-refractivity contribution in [2.45, 2.75) is 52.6 Å². The zero-order valence-electron chi connectivity index (χ0n) is 11.2. The third-order valence-corrected chi connectivity index (χ3v) is 4.28. The van der Waals surface area contributed by atoms with Gasteiger partial charge in [-0.1, -0.05) is 25.4 Å². The van der Waals surface area contributed by atoms with Crippen LogP contribution in [0.1, 0.15) is 44.4 Å². The topological polar surface area (TPSA) is 29.9 Å². The first kappa shape index (κ1) is 12.9. The smallest absolute Gasteiger partial charge is 0.131 e. The Bertz CT molecular complexity index is 409. The second-order valence-electron chi connectivity index (χ2n) is 5.96. The number of nitrogens with one attached hydrogen (secondary N) is 1. The van der Waals surface area contributed by atoms with Crippen LogP contribution in [0.3, 0.4) is 0 Å². The van der Waals surface area contributed by atoms with E-state index in [4.69, 9.17) is 11.6 Å². The Hall–Kier alpha value is -0.540. The van der Waals surface area contributed by atoms with Crippen molar-refractivity contribution in [3.63, 3.8) is 0 Å². The summed E-state index contributed by atoms with van der Waals surface area (Å²) in [7, 11) is 1.89. The lowest BCUT2D eigenvalue weighted by atomic mass is 9.92. The molecular formula is C13H22ClN3. The van der Waals surface area contributed by atoms with Gasteiger partial charge in [0.25, 0.3) is 0 Å². The van der Waals surface area contributed by atoms with Crippen LogP contribution < -0.4 is 5.32 Å². The molecule has 96 valence electrons. The van der Waals surface area contributed by atoms with Crippen molar-refractivity contribution in [2.24, 2.45) is 12.5 Å². The third kappa shape index (κ3) is 2.83. The minimum Gasteiger partial charge on any atom is -0.310 e. The molecule has 2 rings (SSSR count). The molecule has 1 saturated carbocycles. The predicted octanol–water partition coefficient (Wildman–Crippen LogP) is 3.05. The predicted molar refractivity (Wildman–Crippen MR) is 71.2 cm³/mol. The summed E-state index contributed by atoms with van der Waals surface area (Å²) in [4.78, 5) is 0. The van der Waals surface area contributed by atoms with Crippen LogP contribution in [-0.4, -0.2) is 15.8 Å². The van der Waals surface area contributed by atoms with Gasteiger partial charge < -0.3 is 5.32 Å². The van der Waals surface area contributed by atoms with Gasteiger partial charge in [0.2, 0.25) is 0 Å². The Balaban J connectivity index is 1.95. The summed E-state index contributed by atoms with van der Waals surface area (Å²) in [6, 6.07) is 0.626. The second kappa shape index (κ2) is 4.62. The van der Waals surface area contributed by atoms with Crippen LogP contribution in [0, 0.1) is 12.3 Å². The first-order valence-electron chi connectivity index (χ1n) is 6.30. The van der Waals surface area contributed by atoms with Crippen molar-refractivity contribution in [3.8, 4) is 0 Å². The number of halogens is 1. The zero-order chi connectivity index (χ0) is 12.6. The number of aromatic nitrogens is 2. The van der Waals surface area contributed by atoms with E-state index in [1.165, 1.54) is 19.3 Å². The van der Waals surface area contributed by atoms with Crippen molar-refractivity contribution in [3.05, 3.63) is 16.4 Å². The molecule has 1 fully saturated rings. The van der Waals surface area contributed by atoms with Crippen LogP contribution in [-0.2, 0) is 13.6 Å². The lowest BCUT2D eigenvalue weighted by molar-refractivity contribution is 0.364. The average Bonchev–Trinajstić information content (AvgIpc) is 2.68.